The second-order valence-electron chi connectivity index (χ2n) is 4.30. The topological polar surface area (TPSA) is 61.8 Å². The number of halogens is 3. The molecule has 0 N–H and O–H groups in total. The van der Waals surface area contributed by atoms with Gasteiger partial charge in [-0.1, -0.05) is 0 Å². The van der Waals surface area contributed by atoms with Crippen LogP contribution in [0, 0.1) is 0 Å². The van der Waals surface area contributed by atoms with E-state index in [-0.39, 0.29) is 12.8 Å². The van der Waals surface area contributed by atoms with E-state index in [1.54, 1.807) is 0 Å². The van der Waals surface area contributed by atoms with Crippen molar-refractivity contribution in [3.8, 4) is 0 Å². The van der Waals surface area contributed by atoms with E-state index in [0.29, 0.717) is 26.1 Å². The molecule has 1 spiro atoms. The van der Waals surface area contributed by atoms with Gasteiger partial charge in [0.1, 0.15) is 0 Å². The predicted octanol–water partition coefficient (Wildman–Crippen LogP) is 1.54. The molecule has 0 bridgehead atoms. The predicted molar refractivity (Wildman–Crippen MR) is 53.0 cm³/mol. The molecule has 2 aliphatic rings. The van der Waals surface area contributed by atoms with Crippen molar-refractivity contribution in [2.24, 2.45) is 0 Å². The van der Waals surface area contributed by atoms with Gasteiger partial charge in [-0.2, -0.15) is 21.6 Å². The average molecular weight is 290 g/mol. The third-order valence-electron chi connectivity index (χ3n) is 3.05. The van der Waals surface area contributed by atoms with Gasteiger partial charge in [0.15, 0.2) is 5.79 Å². The Morgan fingerprint density at radius 2 is 1.61 bits per heavy atom. The van der Waals surface area contributed by atoms with Gasteiger partial charge in [0.25, 0.3) is 0 Å². The SMILES string of the molecule is O=S(=O)(OC1CCC2(CC1)OCCO2)C(F)(F)F. The molecule has 0 aromatic heterocycles. The standard InChI is InChI=1S/C9H13F3O5S/c10-9(11,12)18(13,14)17-7-1-3-8(4-2-7)15-5-6-16-8/h7H,1-6H2. The Labute approximate surface area is 102 Å². The Morgan fingerprint density at radius 3 is 2.06 bits per heavy atom. The zero-order valence-corrected chi connectivity index (χ0v) is 10.2. The molecule has 5 nitrogen and oxygen atoms in total. The van der Waals surface area contributed by atoms with Crippen molar-refractivity contribution in [1.29, 1.82) is 0 Å². The van der Waals surface area contributed by atoms with E-state index in [1.165, 1.54) is 0 Å². The van der Waals surface area contributed by atoms with Crippen LogP contribution in [0.2, 0.25) is 0 Å². The largest absolute Gasteiger partial charge is 0.523 e. The highest BCUT2D eigenvalue weighted by Gasteiger charge is 2.50. The molecule has 1 saturated carbocycles. The first kappa shape index (κ1) is 14.0. The maximum Gasteiger partial charge on any atom is 0.523 e. The molecular formula is C9H13F3O5S. The zero-order valence-electron chi connectivity index (χ0n) is 9.40. The highest BCUT2D eigenvalue weighted by atomic mass is 32.2. The molecule has 1 heterocycles. The lowest BCUT2D eigenvalue weighted by Crippen LogP contribution is -2.39. The van der Waals surface area contributed by atoms with Crippen LogP contribution in [0.4, 0.5) is 13.2 Å². The van der Waals surface area contributed by atoms with Gasteiger partial charge in [-0.25, -0.2) is 0 Å². The third-order valence-corrected chi connectivity index (χ3v) is 4.15. The molecular weight excluding hydrogens is 277 g/mol. The quantitative estimate of drug-likeness (QED) is 0.570. The fraction of sp³-hybridized carbons (Fsp3) is 1.00. The smallest absolute Gasteiger partial charge is 0.348 e. The molecule has 1 saturated heterocycles. The van der Waals surface area contributed by atoms with Crippen molar-refractivity contribution < 1.29 is 35.2 Å². The van der Waals surface area contributed by atoms with Crippen molar-refractivity contribution in [2.75, 3.05) is 13.2 Å². The highest BCUT2D eigenvalue weighted by Crippen LogP contribution is 2.38. The molecule has 0 aromatic rings. The Kier molecular flexibility index (Phi) is 3.60. The minimum Gasteiger partial charge on any atom is -0.348 e. The van der Waals surface area contributed by atoms with Crippen LogP contribution in [0.3, 0.4) is 0 Å². The Morgan fingerprint density at radius 1 is 1.11 bits per heavy atom. The maximum absolute atomic E-state index is 12.1. The molecule has 0 amide bonds. The van der Waals surface area contributed by atoms with E-state index in [0.717, 1.165) is 0 Å². The summed E-state index contributed by atoms with van der Waals surface area (Å²) in [6.45, 7) is 0.902. The van der Waals surface area contributed by atoms with E-state index >= 15 is 0 Å². The van der Waals surface area contributed by atoms with Crippen LogP contribution in [0.5, 0.6) is 0 Å². The Hall–Kier alpha value is -0.380. The van der Waals surface area contributed by atoms with Gasteiger partial charge in [0.2, 0.25) is 0 Å². The average Bonchev–Trinajstić information content (AvgIpc) is 2.69. The molecule has 2 fully saturated rings. The van der Waals surface area contributed by atoms with E-state index in [2.05, 4.69) is 4.18 Å². The highest BCUT2D eigenvalue weighted by molar-refractivity contribution is 7.87. The number of hydrogen-bond acceptors (Lipinski definition) is 5. The molecule has 9 heteroatoms. The van der Waals surface area contributed by atoms with Crippen molar-refractivity contribution in [1.82, 2.24) is 0 Å². The summed E-state index contributed by atoms with van der Waals surface area (Å²) in [6, 6.07) is 0. The zero-order chi connectivity index (χ0) is 13.4. The third kappa shape index (κ3) is 2.79. The van der Waals surface area contributed by atoms with Gasteiger partial charge in [-0.15, -0.1) is 0 Å². The summed E-state index contributed by atoms with van der Waals surface area (Å²) in [5.41, 5.74) is -5.37. The van der Waals surface area contributed by atoms with Crippen LogP contribution in [0.25, 0.3) is 0 Å². The number of hydrogen-bond donors (Lipinski definition) is 0. The summed E-state index contributed by atoms with van der Waals surface area (Å²) in [5.74, 6) is -0.748. The minimum absolute atomic E-state index is 0.162. The lowest BCUT2D eigenvalue weighted by Gasteiger charge is -2.34. The fourth-order valence-electron chi connectivity index (χ4n) is 2.15. The fourth-order valence-corrected chi connectivity index (χ4v) is 2.81. The van der Waals surface area contributed by atoms with Crippen LogP contribution in [-0.2, 0) is 23.8 Å². The van der Waals surface area contributed by atoms with Crippen LogP contribution in [-0.4, -0.2) is 39.0 Å². The molecule has 0 aromatic carbocycles. The summed E-state index contributed by atoms with van der Waals surface area (Å²) < 4.78 is 72.9. The van der Waals surface area contributed by atoms with Gasteiger partial charge in [-0.3, -0.25) is 4.18 Å². The van der Waals surface area contributed by atoms with E-state index in [9.17, 15) is 21.6 Å². The molecule has 0 unspecified atom stereocenters. The van der Waals surface area contributed by atoms with Gasteiger partial charge < -0.3 is 9.47 Å². The van der Waals surface area contributed by atoms with Crippen molar-refractivity contribution >= 4 is 10.1 Å². The van der Waals surface area contributed by atoms with Gasteiger partial charge >= 0.3 is 15.6 Å². The van der Waals surface area contributed by atoms with Crippen molar-refractivity contribution in [2.45, 2.75) is 43.1 Å². The van der Waals surface area contributed by atoms with Crippen molar-refractivity contribution in [3.63, 3.8) is 0 Å². The van der Waals surface area contributed by atoms with E-state index in [1.807, 2.05) is 0 Å². The monoisotopic (exact) mass is 290 g/mol. The van der Waals surface area contributed by atoms with E-state index in [4.69, 9.17) is 9.47 Å². The first-order valence-electron chi connectivity index (χ1n) is 5.52. The molecule has 2 rings (SSSR count). The molecule has 0 atom stereocenters. The van der Waals surface area contributed by atoms with Crippen LogP contribution >= 0.6 is 0 Å². The van der Waals surface area contributed by atoms with E-state index < -0.39 is 27.5 Å². The summed E-state index contributed by atoms with van der Waals surface area (Å²) >= 11 is 0. The lowest BCUT2D eigenvalue weighted by atomic mass is 9.92. The van der Waals surface area contributed by atoms with Gasteiger partial charge in [-0.05, 0) is 12.8 Å². The Bertz CT molecular complexity index is 389. The normalized spacial score (nSPS) is 25.7. The molecule has 18 heavy (non-hydrogen) atoms. The van der Waals surface area contributed by atoms with Crippen LogP contribution in [0.1, 0.15) is 25.7 Å². The summed E-state index contributed by atoms with van der Waals surface area (Å²) in [6.07, 6.45) is 0.0378. The van der Waals surface area contributed by atoms with Crippen molar-refractivity contribution in [3.05, 3.63) is 0 Å². The second kappa shape index (κ2) is 4.62. The van der Waals surface area contributed by atoms with Gasteiger partial charge in [0, 0.05) is 12.8 Å². The molecule has 106 valence electrons. The first-order valence-corrected chi connectivity index (χ1v) is 6.92. The molecule has 0 radical (unpaired) electrons. The summed E-state index contributed by atoms with van der Waals surface area (Å²) in [4.78, 5) is 0. The summed E-state index contributed by atoms with van der Waals surface area (Å²) in [5, 5.41) is 0. The molecule has 1 aliphatic heterocycles. The van der Waals surface area contributed by atoms with Crippen LogP contribution in [0.15, 0.2) is 0 Å². The number of ether oxygens (including phenoxy) is 2. The summed E-state index contributed by atoms with van der Waals surface area (Å²) in [7, 11) is -5.51. The minimum atomic E-state index is -5.51. The molecule has 1 aliphatic carbocycles. The second-order valence-corrected chi connectivity index (χ2v) is 5.87. The number of alkyl halides is 3. The Balaban J connectivity index is 1.91. The maximum atomic E-state index is 12.1. The number of rotatable bonds is 2. The van der Waals surface area contributed by atoms with Gasteiger partial charge in [0.05, 0.1) is 19.3 Å². The first-order chi connectivity index (χ1) is 8.24. The lowest BCUT2D eigenvalue weighted by molar-refractivity contribution is -0.186. The van der Waals surface area contributed by atoms with Crippen LogP contribution < -0.4 is 0 Å².